The molecule has 1 saturated heterocycles. The summed E-state index contributed by atoms with van der Waals surface area (Å²) in [6.07, 6.45) is 1.92. The first kappa shape index (κ1) is 34.5. The van der Waals surface area contributed by atoms with E-state index in [4.69, 9.17) is 0 Å². The predicted molar refractivity (Wildman–Crippen MR) is 168 cm³/mol. The molecule has 0 aromatic heterocycles. The Morgan fingerprint density at radius 2 is 1.59 bits per heavy atom. The maximum atomic E-state index is 14.1. The largest absolute Gasteiger partial charge is 0.342 e. The van der Waals surface area contributed by atoms with Gasteiger partial charge in [0.1, 0.15) is 6.04 Å². The zero-order valence-electron chi connectivity index (χ0n) is 27.6. The quantitative estimate of drug-likeness (QED) is 0.421. The molecule has 3 amide bonds. The molecule has 1 aromatic rings. The van der Waals surface area contributed by atoms with E-state index < -0.39 is 22.9 Å². The van der Waals surface area contributed by atoms with Gasteiger partial charge >= 0.3 is 0 Å². The molecular formula is C33H55N5O3. The number of nitrogens with one attached hydrogen (secondary N) is 2. The number of hydrogen-bond acceptors (Lipinski definition) is 5. The van der Waals surface area contributed by atoms with Gasteiger partial charge in [-0.1, -0.05) is 84.4 Å². The van der Waals surface area contributed by atoms with Crippen LogP contribution in [0.2, 0.25) is 0 Å². The van der Waals surface area contributed by atoms with Gasteiger partial charge in [0.15, 0.2) is 0 Å². The smallest absolute Gasteiger partial charge is 0.249 e. The molecule has 2 rings (SSSR count). The predicted octanol–water partition coefficient (Wildman–Crippen LogP) is 3.59. The molecule has 0 spiro atoms. The SMILES string of the molecule is CN[C@H](C(=O)N[C@H](C(=O)N(C)[C@H](C=C(C)C(=O)N1CCN(C)CC1)C(C)C)C(C)(C)C)C(C)(C)c1cccc(C)c1. The van der Waals surface area contributed by atoms with E-state index in [0.717, 1.165) is 24.2 Å². The first-order chi connectivity index (χ1) is 18.9. The maximum absolute atomic E-state index is 14.1. The Balaban J connectivity index is 2.31. The van der Waals surface area contributed by atoms with Crippen LogP contribution >= 0.6 is 0 Å². The normalized spacial score (nSPS) is 17.7. The van der Waals surface area contributed by atoms with Crippen LogP contribution in [-0.2, 0) is 19.8 Å². The third-order valence-corrected chi connectivity index (χ3v) is 8.46. The second-order valence-corrected chi connectivity index (χ2v) is 13.7. The number of carbonyl (C=O) groups excluding carboxylic acids is 3. The molecule has 3 atom stereocenters. The summed E-state index contributed by atoms with van der Waals surface area (Å²) in [7, 11) is 5.61. The van der Waals surface area contributed by atoms with Crippen LogP contribution in [0, 0.1) is 18.3 Å². The molecule has 8 nitrogen and oxygen atoms in total. The van der Waals surface area contributed by atoms with Gasteiger partial charge < -0.3 is 25.3 Å². The van der Waals surface area contributed by atoms with Crippen LogP contribution in [0.5, 0.6) is 0 Å². The second-order valence-electron chi connectivity index (χ2n) is 13.7. The topological polar surface area (TPSA) is 85.0 Å². The molecule has 1 fully saturated rings. The zero-order chi connectivity index (χ0) is 31.3. The lowest BCUT2D eigenvalue weighted by atomic mass is 9.76. The van der Waals surface area contributed by atoms with Crippen molar-refractivity contribution < 1.29 is 14.4 Å². The summed E-state index contributed by atoms with van der Waals surface area (Å²) in [6.45, 7) is 21.1. The summed E-state index contributed by atoms with van der Waals surface area (Å²) in [5.74, 6) is -0.316. The van der Waals surface area contributed by atoms with E-state index in [1.54, 1.807) is 19.0 Å². The summed E-state index contributed by atoms with van der Waals surface area (Å²) in [6, 6.07) is 6.56. The fourth-order valence-corrected chi connectivity index (χ4v) is 5.59. The molecule has 8 heteroatoms. The van der Waals surface area contributed by atoms with Gasteiger partial charge in [-0.15, -0.1) is 0 Å². The molecule has 1 aliphatic rings. The first-order valence-corrected chi connectivity index (χ1v) is 14.9. The summed E-state index contributed by atoms with van der Waals surface area (Å²) >= 11 is 0. The third kappa shape index (κ3) is 8.65. The summed E-state index contributed by atoms with van der Waals surface area (Å²) in [5, 5.41) is 6.32. The lowest BCUT2D eigenvalue weighted by molar-refractivity contribution is -0.141. The van der Waals surface area contributed by atoms with E-state index in [1.807, 2.05) is 91.5 Å². The number of rotatable bonds is 10. The molecule has 0 aliphatic carbocycles. The summed E-state index contributed by atoms with van der Waals surface area (Å²) in [4.78, 5) is 46.9. The molecule has 41 heavy (non-hydrogen) atoms. The van der Waals surface area contributed by atoms with Crippen molar-refractivity contribution in [3.8, 4) is 0 Å². The van der Waals surface area contributed by atoms with Gasteiger partial charge in [-0.25, -0.2) is 0 Å². The number of hydrogen-bond donors (Lipinski definition) is 2. The molecule has 0 unspecified atom stereocenters. The van der Waals surface area contributed by atoms with Crippen molar-refractivity contribution in [3.05, 3.63) is 47.0 Å². The minimum absolute atomic E-state index is 0.0144. The van der Waals surface area contributed by atoms with Crippen molar-refractivity contribution in [1.29, 1.82) is 0 Å². The fourth-order valence-electron chi connectivity index (χ4n) is 5.59. The number of likely N-dealkylation sites (N-methyl/N-ethyl adjacent to an activating group) is 3. The highest BCUT2D eigenvalue weighted by atomic mass is 16.2. The first-order valence-electron chi connectivity index (χ1n) is 14.9. The standard InChI is InChI=1S/C33H55N5O3/c1-22(2)26(21-24(4)30(40)38-18-16-36(11)17-19-38)37(12)31(41)28(32(5,6)7)35-29(39)27(34-10)33(8,9)25-15-13-14-23(3)20-25/h13-15,20-22,26-28,34H,16-19H2,1-12H3,(H,35,39)/t26-,27-,28-/m1/s1. The molecule has 0 saturated carbocycles. The summed E-state index contributed by atoms with van der Waals surface area (Å²) in [5.41, 5.74) is 1.76. The van der Waals surface area contributed by atoms with E-state index in [1.165, 1.54) is 0 Å². The van der Waals surface area contributed by atoms with Crippen molar-refractivity contribution in [1.82, 2.24) is 25.3 Å². The Hall–Kier alpha value is -2.71. The van der Waals surface area contributed by atoms with E-state index >= 15 is 0 Å². The fraction of sp³-hybridized carbons (Fsp3) is 0.667. The van der Waals surface area contributed by atoms with Crippen LogP contribution in [0.3, 0.4) is 0 Å². The number of carbonyl (C=O) groups is 3. The van der Waals surface area contributed by atoms with Gasteiger partial charge in [-0.2, -0.15) is 0 Å². The average molecular weight is 570 g/mol. The van der Waals surface area contributed by atoms with E-state index in [2.05, 4.69) is 28.6 Å². The highest BCUT2D eigenvalue weighted by Crippen LogP contribution is 2.29. The number of nitrogens with zero attached hydrogens (tertiary/aromatic N) is 3. The number of benzene rings is 1. The lowest BCUT2D eigenvalue weighted by Crippen LogP contribution is -2.61. The molecule has 1 heterocycles. The molecule has 0 bridgehead atoms. The highest BCUT2D eigenvalue weighted by molar-refractivity contribution is 5.94. The van der Waals surface area contributed by atoms with Gasteiger partial charge in [0, 0.05) is 44.2 Å². The number of piperazine rings is 1. The van der Waals surface area contributed by atoms with Crippen molar-refractivity contribution in [2.24, 2.45) is 11.3 Å². The van der Waals surface area contributed by atoms with Crippen molar-refractivity contribution in [3.63, 3.8) is 0 Å². The van der Waals surface area contributed by atoms with Crippen LogP contribution in [-0.4, -0.2) is 97.9 Å². The number of amides is 3. The Morgan fingerprint density at radius 1 is 1.00 bits per heavy atom. The lowest BCUT2D eigenvalue weighted by Gasteiger charge is -2.40. The van der Waals surface area contributed by atoms with Gasteiger partial charge in [0.05, 0.1) is 12.1 Å². The van der Waals surface area contributed by atoms with E-state index in [-0.39, 0.29) is 29.7 Å². The molecule has 1 aliphatic heterocycles. The summed E-state index contributed by atoms with van der Waals surface area (Å²) < 4.78 is 0. The molecule has 230 valence electrons. The van der Waals surface area contributed by atoms with Gasteiger partial charge in [0.2, 0.25) is 17.7 Å². The van der Waals surface area contributed by atoms with Crippen LogP contribution in [0.25, 0.3) is 0 Å². The zero-order valence-corrected chi connectivity index (χ0v) is 27.6. The van der Waals surface area contributed by atoms with Crippen LogP contribution in [0.1, 0.15) is 66.5 Å². The van der Waals surface area contributed by atoms with Crippen LogP contribution in [0.4, 0.5) is 0 Å². The molecule has 2 N–H and O–H groups in total. The Morgan fingerprint density at radius 3 is 2.07 bits per heavy atom. The Kier molecular flexibility index (Phi) is 11.8. The maximum Gasteiger partial charge on any atom is 0.249 e. The third-order valence-electron chi connectivity index (χ3n) is 8.46. The van der Waals surface area contributed by atoms with Crippen molar-refractivity contribution in [2.45, 2.75) is 85.9 Å². The number of aryl methyl sites for hydroxylation is 1. The average Bonchev–Trinajstić information content (AvgIpc) is 2.88. The molecule has 0 radical (unpaired) electrons. The van der Waals surface area contributed by atoms with Crippen LogP contribution < -0.4 is 10.6 Å². The van der Waals surface area contributed by atoms with Gasteiger partial charge in [-0.3, -0.25) is 14.4 Å². The molecule has 1 aromatic carbocycles. The Labute approximate surface area is 248 Å². The van der Waals surface area contributed by atoms with E-state index in [0.29, 0.717) is 18.7 Å². The van der Waals surface area contributed by atoms with Gasteiger partial charge in [-0.05, 0) is 44.8 Å². The highest BCUT2D eigenvalue weighted by Gasteiger charge is 2.41. The minimum Gasteiger partial charge on any atom is -0.342 e. The second kappa shape index (κ2) is 14.0. The van der Waals surface area contributed by atoms with E-state index in [9.17, 15) is 14.4 Å². The Bertz CT molecular complexity index is 1100. The molecular weight excluding hydrogens is 514 g/mol. The van der Waals surface area contributed by atoms with Gasteiger partial charge in [0.25, 0.3) is 0 Å². The van der Waals surface area contributed by atoms with Crippen molar-refractivity contribution >= 4 is 17.7 Å². The minimum atomic E-state index is -0.757. The van der Waals surface area contributed by atoms with Crippen LogP contribution in [0.15, 0.2) is 35.9 Å². The van der Waals surface area contributed by atoms with Crippen molar-refractivity contribution in [2.75, 3.05) is 47.3 Å². The monoisotopic (exact) mass is 569 g/mol.